The fourth-order valence-corrected chi connectivity index (χ4v) is 1.42. The van der Waals surface area contributed by atoms with Gasteiger partial charge in [-0.2, -0.15) is 5.26 Å². The molecule has 0 heterocycles. The molecular weight excluding hydrogens is 237 g/mol. The zero-order valence-electron chi connectivity index (χ0n) is 13.6. The van der Waals surface area contributed by atoms with Crippen molar-refractivity contribution in [3.8, 4) is 6.07 Å². The summed E-state index contributed by atoms with van der Waals surface area (Å²) < 4.78 is 11.8. The lowest BCUT2D eigenvalue weighted by Gasteiger charge is -2.25. The molecule has 0 bridgehead atoms. The Bertz CT molecular complexity index is 255. The summed E-state index contributed by atoms with van der Waals surface area (Å²) in [5.41, 5.74) is 0.298. The topological polar surface area (TPSA) is 42.2 Å². The van der Waals surface area contributed by atoms with Crippen LogP contribution in [-0.4, -0.2) is 20.3 Å². The number of hydrogen-bond donors (Lipinski definition) is 0. The molecule has 0 saturated heterocycles. The van der Waals surface area contributed by atoms with Crippen LogP contribution in [0.2, 0.25) is 6.32 Å². The average molecular weight is 267 g/mol. The molecule has 0 aliphatic carbocycles. The first-order valence-corrected chi connectivity index (χ1v) is 7.24. The monoisotopic (exact) mass is 267 g/mol. The van der Waals surface area contributed by atoms with E-state index in [9.17, 15) is 0 Å². The number of unbranched alkanes of at least 4 members (excludes halogenated alkanes) is 2. The van der Waals surface area contributed by atoms with Gasteiger partial charge in [0, 0.05) is 19.6 Å². The van der Waals surface area contributed by atoms with Gasteiger partial charge in [0.25, 0.3) is 0 Å². The molecule has 0 amide bonds. The lowest BCUT2D eigenvalue weighted by molar-refractivity contribution is 0.112. The van der Waals surface area contributed by atoms with Crippen molar-refractivity contribution < 1.29 is 9.31 Å². The standard InChI is InChI=1S/C15H30BNO2/c1-14(2,3)12-18-16(10-8-7-9-11-17)19-13-15(4,5)6/h7-10,12-13H2,1-6H3. The minimum absolute atomic E-state index is 0.142. The van der Waals surface area contributed by atoms with Gasteiger partial charge in [-0.1, -0.05) is 48.0 Å². The third-order valence-electron chi connectivity index (χ3n) is 2.38. The summed E-state index contributed by atoms with van der Waals surface area (Å²) in [5, 5.41) is 8.54. The molecule has 0 rings (SSSR count). The summed E-state index contributed by atoms with van der Waals surface area (Å²) in [4.78, 5) is 0. The molecule has 110 valence electrons. The SMILES string of the molecule is CC(C)(C)COB(CCCCC#N)OCC(C)(C)C. The van der Waals surface area contributed by atoms with Gasteiger partial charge >= 0.3 is 7.12 Å². The van der Waals surface area contributed by atoms with E-state index in [4.69, 9.17) is 14.6 Å². The molecule has 0 unspecified atom stereocenters. The van der Waals surface area contributed by atoms with Crippen molar-refractivity contribution in [3.05, 3.63) is 0 Å². The molecule has 3 nitrogen and oxygen atoms in total. The Balaban J connectivity index is 4.11. The molecule has 0 aliphatic heterocycles. The Hall–Kier alpha value is -0.525. The van der Waals surface area contributed by atoms with Crippen molar-refractivity contribution in [3.63, 3.8) is 0 Å². The number of hydrogen-bond acceptors (Lipinski definition) is 3. The number of nitrogens with zero attached hydrogens (tertiary/aromatic N) is 1. The predicted molar refractivity (Wildman–Crippen MR) is 80.8 cm³/mol. The number of nitriles is 1. The average Bonchev–Trinajstić information content (AvgIpc) is 2.24. The Labute approximate surface area is 119 Å². The van der Waals surface area contributed by atoms with Gasteiger partial charge in [0.15, 0.2) is 0 Å². The first kappa shape index (κ1) is 18.5. The van der Waals surface area contributed by atoms with Crippen LogP contribution in [0.15, 0.2) is 0 Å². The van der Waals surface area contributed by atoms with Crippen LogP contribution in [-0.2, 0) is 9.31 Å². The quantitative estimate of drug-likeness (QED) is 0.486. The van der Waals surface area contributed by atoms with Crippen molar-refractivity contribution in [2.45, 2.75) is 67.1 Å². The predicted octanol–water partition coefficient (Wildman–Crippen LogP) is 4.29. The second-order valence-corrected chi connectivity index (χ2v) is 7.58. The van der Waals surface area contributed by atoms with Crippen molar-refractivity contribution in [2.75, 3.05) is 13.2 Å². The van der Waals surface area contributed by atoms with E-state index in [0.717, 1.165) is 19.2 Å². The van der Waals surface area contributed by atoms with E-state index in [2.05, 4.69) is 47.6 Å². The van der Waals surface area contributed by atoms with Crippen molar-refractivity contribution in [2.24, 2.45) is 10.8 Å². The zero-order chi connectivity index (χ0) is 14.9. The van der Waals surface area contributed by atoms with E-state index in [1.165, 1.54) is 0 Å². The van der Waals surface area contributed by atoms with Gasteiger partial charge in [0.2, 0.25) is 0 Å². The van der Waals surface area contributed by atoms with Crippen molar-refractivity contribution >= 4 is 7.12 Å². The van der Waals surface area contributed by atoms with E-state index in [0.29, 0.717) is 19.6 Å². The third-order valence-corrected chi connectivity index (χ3v) is 2.38. The second-order valence-electron chi connectivity index (χ2n) is 7.58. The molecule has 0 aromatic heterocycles. The summed E-state index contributed by atoms with van der Waals surface area (Å²) in [6.45, 7) is 14.3. The van der Waals surface area contributed by atoms with E-state index in [1.54, 1.807) is 0 Å². The Morgan fingerprint density at radius 1 is 0.895 bits per heavy atom. The maximum Gasteiger partial charge on any atom is 0.456 e. The molecule has 0 aromatic rings. The molecule has 4 heteroatoms. The van der Waals surface area contributed by atoms with Gasteiger partial charge in [-0.15, -0.1) is 0 Å². The Kier molecular flexibility index (Phi) is 8.37. The van der Waals surface area contributed by atoms with E-state index >= 15 is 0 Å². The molecule has 0 atom stereocenters. The van der Waals surface area contributed by atoms with Crippen LogP contribution < -0.4 is 0 Å². The highest BCUT2D eigenvalue weighted by Gasteiger charge is 2.23. The normalized spacial score (nSPS) is 12.3. The molecule has 19 heavy (non-hydrogen) atoms. The van der Waals surface area contributed by atoms with Gasteiger partial charge in [0.1, 0.15) is 0 Å². The fraction of sp³-hybridized carbons (Fsp3) is 0.933. The van der Waals surface area contributed by atoms with Gasteiger partial charge < -0.3 is 9.31 Å². The van der Waals surface area contributed by atoms with Crippen LogP contribution in [0, 0.1) is 22.2 Å². The largest absolute Gasteiger partial charge is 0.456 e. The van der Waals surface area contributed by atoms with Crippen LogP contribution in [0.4, 0.5) is 0 Å². The van der Waals surface area contributed by atoms with Gasteiger partial charge in [-0.05, 0) is 23.6 Å². The highest BCUT2D eigenvalue weighted by molar-refractivity contribution is 6.44. The molecule has 0 saturated carbocycles. The van der Waals surface area contributed by atoms with Gasteiger partial charge in [-0.25, -0.2) is 0 Å². The highest BCUT2D eigenvalue weighted by Crippen LogP contribution is 2.18. The second kappa shape index (κ2) is 8.61. The molecule has 0 aliphatic rings. The minimum Gasteiger partial charge on any atom is -0.411 e. The maximum absolute atomic E-state index is 8.54. The first-order chi connectivity index (χ1) is 8.64. The molecule has 0 spiro atoms. The molecule has 0 fully saturated rings. The van der Waals surface area contributed by atoms with Crippen LogP contribution in [0.25, 0.3) is 0 Å². The van der Waals surface area contributed by atoms with Crippen LogP contribution in [0.3, 0.4) is 0 Å². The van der Waals surface area contributed by atoms with E-state index < -0.39 is 0 Å². The highest BCUT2D eigenvalue weighted by atomic mass is 16.6. The summed E-state index contributed by atoms with van der Waals surface area (Å²) in [7, 11) is -0.142. The van der Waals surface area contributed by atoms with Crippen LogP contribution in [0.1, 0.15) is 60.8 Å². The fourth-order valence-electron chi connectivity index (χ4n) is 1.42. The number of rotatable bonds is 8. The zero-order valence-corrected chi connectivity index (χ0v) is 13.6. The van der Waals surface area contributed by atoms with E-state index in [1.807, 2.05) is 0 Å². The van der Waals surface area contributed by atoms with Crippen LogP contribution >= 0.6 is 0 Å². The lowest BCUT2D eigenvalue weighted by atomic mass is 9.80. The summed E-state index contributed by atoms with van der Waals surface area (Å²) in [6, 6.07) is 2.17. The van der Waals surface area contributed by atoms with Gasteiger partial charge in [0.05, 0.1) is 6.07 Å². The van der Waals surface area contributed by atoms with E-state index in [-0.39, 0.29) is 17.9 Å². The van der Waals surface area contributed by atoms with Crippen molar-refractivity contribution in [1.82, 2.24) is 0 Å². The molecule has 0 aromatic carbocycles. The lowest BCUT2D eigenvalue weighted by Crippen LogP contribution is -2.31. The van der Waals surface area contributed by atoms with Crippen LogP contribution in [0.5, 0.6) is 0 Å². The van der Waals surface area contributed by atoms with Gasteiger partial charge in [-0.3, -0.25) is 0 Å². The Morgan fingerprint density at radius 3 is 1.74 bits per heavy atom. The van der Waals surface area contributed by atoms with Crippen molar-refractivity contribution in [1.29, 1.82) is 5.26 Å². The summed E-state index contributed by atoms with van der Waals surface area (Å²) in [6.07, 6.45) is 3.39. The summed E-state index contributed by atoms with van der Waals surface area (Å²) in [5.74, 6) is 0. The molecule has 0 radical (unpaired) electrons. The minimum atomic E-state index is -0.142. The summed E-state index contributed by atoms with van der Waals surface area (Å²) >= 11 is 0. The molecule has 0 N–H and O–H groups in total. The first-order valence-electron chi connectivity index (χ1n) is 7.24. The molecular formula is C15H30BNO2. The smallest absolute Gasteiger partial charge is 0.411 e. The third kappa shape index (κ3) is 13.7. The maximum atomic E-state index is 8.54. The Morgan fingerprint density at radius 2 is 1.37 bits per heavy atom.